The first-order valence-electron chi connectivity index (χ1n) is 12.4. The molecule has 4 N–H and O–H groups in total. The van der Waals surface area contributed by atoms with Gasteiger partial charge in [-0.05, 0) is 42.0 Å². The van der Waals surface area contributed by atoms with Crippen molar-refractivity contribution in [2.75, 3.05) is 23.8 Å². The highest BCUT2D eigenvalue weighted by Crippen LogP contribution is 2.35. The molecule has 3 aromatic carbocycles. The molecule has 0 saturated heterocycles. The Balaban J connectivity index is 1.45. The smallest absolute Gasteiger partial charge is 0.380 e. The van der Waals surface area contributed by atoms with E-state index >= 15 is 0 Å². The zero-order valence-corrected chi connectivity index (χ0v) is 22.3. The van der Waals surface area contributed by atoms with E-state index in [9.17, 15) is 26.4 Å². The van der Waals surface area contributed by atoms with Crippen molar-refractivity contribution in [3.63, 3.8) is 0 Å². The minimum atomic E-state index is -4.83. The van der Waals surface area contributed by atoms with Crippen LogP contribution in [-0.2, 0) is 27.5 Å². The van der Waals surface area contributed by atoms with E-state index in [4.69, 9.17) is 20.1 Å². The number of rotatable bonds is 4. The van der Waals surface area contributed by atoms with E-state index in [0.717, 1.165) is 4.68 Å². The molecule has 11 nitrogen and oxygen atoms in total. The van der Waals surface area contributed by atoms with Crippen LogP contribution in [0.4, 0.5) is 24.7 Å². The van der Waals surface area contributed by atoms with Crippen LogP contribution >= 0.6 is 0 Å². The number of hydrogen-bond acceptors (Lipinski definition) is 8. The molecule has 1 aliphatic heterocycles. The average Bonchev–Trinajstić information content (AvgIpc) is 3.50. The van der Waals surface area contributed by atoms with Gasteiger partial charge in [0.05, 0.1) is 29.2 Å². The number of hydrogen-bond donors (Lipinski definition) is 2. The third-order valence-corrected chi connectivity index (χ3v) is 7.75. The first kappa shape index (κ1) is 27.4. The van der Waals surface area contributed by atoms with Crippen LogP contribution in [0.3, 0.4) is 0 Å². The Hall–Kier alpha value is -4.73. The monoisotopic (exact) mass is 598 g/mol. The molecule has 216 valence electrons. The van der Waals surface area contributed by atoms with Gasteiger partial charge in [-0.15, -0.1) is 0 Å². The van der Waals surface area contributed by atoms with Gasteiger partial charge in [-0.2, -0.15) is 18.3 Å². The summed E-state index contributed by atoms with van der Waals surface area (Å²) in [6.07, 6.45) is -4.83. The molecule has 0 spiro atoms. The minimum Gasteiger partial charge on any atom is -0.380 e. The molecule has 2 aromatic heterocycles. The highest BCUT2D eigenvalue weighted by molar-refractivity contribution is 7.89. The topological polar surface area (TPSA) is 160 Å². The van der Waals surface area contributed by atoms with Crippen molar-refractivity contribution in [3.05, 3.63) is 83.7 Å². The fraction of sp³-hybridized carbons (Fsp3) is 0.148. The number of alkyl halides is 3. The van der Waals surface area contributed by atoms with Gasteiger partial charge in [-0.1, -0.05) is 29.4 Å². The van der Waals surface area contributed by atoms with Gasteiger partial charge in [0.15, 0.2) is 17.1 Å². The number of benzene rings is 3. The van der Waals surface area contributed by atoms with Crippen molar-refractivity contribution in [2.24, 2.45) is 5.14 Å². The number of halogens is 3. The SMILES string of the molecule is Nc1noc2ccc(-n3nc(C(F)(F)F)cc3C(=O)N3CCOCc4cc(-c5ccccc5S(N)(=O)=O)ccc43)cc12. The molecule has 1 aliphatic rings. The summed E-state index contributed by atoms with van der Waals surface area (Å²) in [4.78, 5) is 15.2. The average molecular weight is 599 g/mol. The molecule has 5 aromatic rings. The number of carbonyl (C=O) groups is 1. The number of ether oxygens (including phenoxy) is 1. The third kappa shape index (κ3) is 4.87. The van der Waals surface area contributed by atoms with Crippen LogP contribution in [0.5, 0.6) is 0 Å². The van der Waals surface area contributed by atoms with Crippen LogP contribution in [0.2, 0.25) is 0 Å². The fourth-order valence-electron chi connectivity index (χ4n) is 4.84. The molecule has 0 aliphatic carbocycles. The van der Waals surface area contributed by atoms with Gasteiger partial charge in [0.25, 0.3) is 5.91 Å². The Morgan fingerprint density at radius 2 is 1.81 bits per heavy atom. The molecule has 0 unspecified atom stereocenters. The number of aromatic nitrogens is 3. The molecule has 0 radical (unpaired) electrons. The van der Waals surface area contributed by atoms with Crippen molar-refractivity contribution >= 4 is 38.4 Å². The summed E-state index contributed by atoms with van der Waals surface area (Å²) in [7, 11) is -4.04. The van der Waals surface area contributed by atoms with E-state index in [2.05, 4.69) is 10.3 Å². The van der Waals surface area contributed by atoms with E-state index in [-0.39, 0.29) is 41.9 Å². The van der Waals surface area contributed by atoms with Crippen molar-refractivity contribution in [2.45, 2.75) is 17.7 Å². The second-order valence-electron chi connectivity index (χ2n) is 9.47. The minimum absolute atomic E-state index is 0.0290. The quantitative estimate of drug-likeness (QED) is 0.313. The van der Waals surface area contributed by atoms with Gasteiger partial charge in [-0.25, -0.2) is 18.2 Å². The van der Waals surface area contributed by atoms with Crippen molar-refractivity contribution in [1.82, 2.24) is 14.9 Å². The van der Waals surface area contributed by atoms with Crippen LogP contribution in [0.25, 0.3) is 27.8 Å². The van der Waals surface area contributed by atoms with Gasteiger partial charge < -0.3 is 19.9 Å². The Bertz CT molecular complexity index is 1970. The molecule has 0 saturated carbocycles. The van der Waals surface area contributed by atoms with Crippen LogP contribution in [0.1, 0.15) is 21.7 Å². The lowest BCUT2D eigenvalue weighted by Crippen LogP contribution is -2.34. The lowest BCUT2D eigenvalue weighted by molar-refractivity contribution is -0.141. The lowest BCUT2D eigenvalue weighted by atomic mass is 10.0. The maximum atomic E-state index is 14.0. The van der Waals surface area contributed by atoms with Gasteiger partial charge in [-0.3, -0.25) is 4.79 Å². The molecule has 1 amide bonds. The third-order valence-electron chi connectivity index (χ3n) is 6.78. The van der Waals surface area contributed by atoms with Gasteiger partial charge in [0.2, 0.25) is 10.0 Å². The normalized spacial score (nSPS) is 14.1. The largest absolute Gasteiger partial charge is 0.435 e. The van der Waals surface area contributed by atoms with Gasteiger partial charge in [0.1, 0.15) is 5.69 Å². The number of nitrogen functional groups attached to an aromatic ring is 1. The molecule has 42 heavy (non-hydrogen) atoms. The maximum Gasteiger partial charge on any atom is 0.435 e. The second-order valence-corrected chi connectivity index (χ2v) is 11.0. The summed E-state index contributed by atoms with van der Waals surface area (Å²) in [6.45, 7) is 0.192. The summed E-state index contributed by atoms with van der Waals surface area (Å²) in [5, 5.41) is 13.1. The van der Waals surface area contributed by atoms with Crippen molar-refractivity contribution in [3.8, 4) is 16.8 Å². The van der Waals surface area contributed by atoms with Crippen molar-refractivity contribution < 1.29 is 35.6 Å². The first-order valence-corrected chi connectivity index (χ1v) is 13.9. The van der Waals surface area contributed by atoms with E-state index in [0.29, 0.717) is 39.4 Å². The number of carbonyl (C=O) groups excluding carboxylic acids is 1. The van der Waals surface area contributed by atoms with Crippen LogP contribution in [-0.4, -0.2) is 42.4 Å². The van der Waals surface area contributed by atoms with E-state index in [1.807, 2.05) is 0 Å². The van der Waals surface area contributed by atoms with Gasteiger partial charge >= 0.3 is 6.18 Å². The highest BCUT2D eigenvalue weighted by atomic mass is 32.2. The second kappa shape index (κ2) is 9.97. The summed E-state index contributed by atoms with van der Waals surface area (Å²) in [6, 6.07) is 16.1. The number of nitrogens with two attached hydrogens (primary N) is 2. The molecule has 6 rings (SSSR count). The van der Waals surface area contributed by atoms with Crippen LogP contribution < -0.4 is 15.8 Å². The maximum absolute atomic E-state index is 14.0. The molecular weight excluding hydrogens is 577 g/mol. The van der Waals surface area contributed by atoms with E-state index < -0.39 is 27.8 Å². The molecular formula is C27H21F3N6O5S. The zero-order chi connectivity index (χ0) is 29.8. The fourth-order valence-corrected chi connectivity index (χ4v) is 5.60. The number of primary sulfonamides is 1. The first-order chi connectivity index (χ1) is 19.9. The Morgan fingerprint density at radius 3 is 2.57 bits per heavy atom. The number of fused-ring (bicyclic) bond motifs is 2. The van der Waals surface area contributed by atoms with E-state index in [1.165, 1.54) is 29.2 Å². The molecule has 3 heterocycles. The Kier molecular flexibility index (Phi) is 6.51. The van der Waals surface area contributed by atoms with E-state index in [1.54, 1.807) is 36.4 Å². The van der Waals surface area contributed by atoms with Gasteiger partial charge in [0, 0.05) is 29.4 Å². The predicted octanol–water partition coefficient (Wildman–Crippen LogP) is 4.11. The van der Waals surface area contributed by atoms with Crippen molar-refractivity contribution in [1.29, 1.82) is 0 Å². The van der Waals surface area contributed by atoms with Crippen LogP contribution in [0.15, 0.2) is 76.1 Å². The predicted molar refractivity (Wildman–Crippen MR) is 145 cm³/mol. The number of amides is 1. The zero-order valence-electron chi connectivity index (χ0n) is 21.5. The molecule has 0 atom stereocenters. The molecule has 15 heteroatoms. The summed E-state index contributed by atoms with van der Waals surface area (Å²) in [5.41, 5.74) is 6.41. The molecule has 0 fully saturated rings. The number of nitrogens with zero attached hydrogens (tertiary/aromatic N) is 4. The number of sulfonamides is 1. The number of anilines is 2. The Labute approximate surface area is 236 Å². The Morgan fingerprint density at radius 1 is 1.02 bits per heavy atom. The summed E-state index contributed by atoms with van der Waals surface area (Å²) >= 11 is 0. The van der Waals surface area contributed by atoms with Crippen LogP contribution in [0, 0.1) is 0 Å². The molecule has 0 bridgehead atoms. The standard InChI is InChI=1S/C27H21F3N6O5S/c28-27(29,30)24-13-21(36(33-24)17-6-8-22-19(12-17)25(31)34-41-22)26(37)35-9-10-40-14-16-11-15(5-7-20(16)35)18-3-1-2-4-23(18)42(32,38)39/h1-8,11-13H,9-10,14H2,(H2,31,34)(H2,32,38,39). The summed E-state index contributed by atoms with van der Waals surface area (Å²) < 4.78 is 77.3. The lowest BCUT2D eigenvalue weighted by Gasteiger charge is -2.23. The highest BCUT2D eigenvalue weighted by Gasteiger charge is 2.37. The summed E-state index contributed by atoms with van der Waals surface area (Å²) in [5.74, 6) is -0.734.